The molecule has 0 amide bonds. The Morgan fingerprint density at radius 1 is 1.53 bits per heavy atom. The molecule has 0 saturated carbocycles. The number of anilines is 1. The Morgan fingerprint density at radius 2 is 2.35 bits per heavy atom. The highest BCUT2D eigenvalue weighted by atomic mass is 35.5. The van der Waals surface area contributed by atoms with Crippen LogP contribution in [0.15, 0.2) is 18.3 Å². The second kappa shape index (κ2) is 3.56. The van der Waals surface area contributed by atoms with Crippen molar-refractivity contribution < 1.29 is 9.84 Å². The van der Waals surface area contributed by atoms with Gasteiger partial charge in [-0.25, -0.2) is 0 Å². The summed E-state index contributed by atoms with van der Waals surface area (Å²) in [7, 11) is 1.58. The topological polar surface area (TPSA) is 59.3 Å². The van der Waals surface area contributed by atoms with Crippen LogP contribution in [-0.2, 0) is 6.54 Å². The number of nitrogens with one attached hydrogen (secondary N) is 1. The van der Waals surface area contributed by atoms with Crippen LogP contribution in [0.4, 0.5) is 5.95 Å². The lowest BCUT2D eigenvalue weighted by atomic mass is 10.1. The van der Waals surface area contributed by atoms with E-state index in [-0.39, 0.29) is 5.88 Å². The van der Waals surface area contributed by atoms with Gasteiger partial charge in [-0.1, -0.05) is 11.6 Å². The van der Waals surface area contributed by atoms with E-state index in [0.717, 1.165) is 11.3 Å². The highest BCUT2D eigenvalue weighted by Crippen LogP contribution is 2.37. The van der Waals surface area contributed by atoms with Crippen LogP contribution in [0.25, 0.3) is 5.69 Å². The molecule has 0 spiro atoms. The van der Waals surface area contributed by atoms with Gasteiger partial charge in [0.05, 0.1) is 24.0 Å². The molecule has 6 heteroatoms. The molecule has 88 valence electrons. The summed E-state index contributed by atoms with van der Waals surface area (Å²) in [5.41, 5.74) is 1.83. The molecule has 2 heterocycles. The third-order valence-electron chi connectivity index (χ3n) is 2.78. The van der Waals surface area contributed by atoms with E-state index in [1.807, 2.05) is 6.07 Å². The summed E-state index contributed by atoms with van der Waals surface area (Å²) >= 11 is 6.24. The van der Waals surface area contributed by atoms with E-state index < -0.39 is 0 Å². The van der Waals surface area contributed by atoms with Gasteiger partial charge in [-0.05, 0) is 12.1 Å². The van der Waals surface area contributed by atoms with Crippen LogP contribution in [0.3, 0.4) is 0 Å². The second-order valence-corrected chi connectivity index (χ2v) is 4.10. The fourth-order valence-corrected chi connectivity index (χ4v) is 2.29. The number of hydrogen-bond acceptors (Lipinski definition) is 4. The molecule has 0 bridgehead atoms. The van der Waals surface area contributed by atoms with Gasteiger partial charge in [-0.2, -0.15) is 4.98 Å². The smallest absolute Gasteiger partial charge is 0.231 e. The summed E-state index contributed by atoms with van der Waals surface area (Å²) in [5, 5.41) is 13.1. The Labute approximate surface area is 103 Å². The van der Waals surface area contributed by atoms with Gasteiger partial charge in [-0.15, -0.1) is 0 Å². The number of methoxy groups -OCH3 is 1. The van der Waals surface area contributed by atoms with Crippen molar-refractivity contribution in [2.75, 3.05) is 12.4 Å². The lowest BCUT2D eigenvalue weighted by molar-refractivity contribution is 0.414. The molecule has 1 aliphatic heterocycles. The van der Waals surface area contributed by atoms with Crippen LogP contribution < -0.4 is 10.1 Å². The third-order valence-corrected chi connectivity index (χ3v) is 3.19. The van der Waals surface area contributed by atoms with Crippen molar-refractivity contribution >= 4 is 17.5 Å². The second-order valence-electron chi connectivity index (χ2n) is 3.73. The van der Waals surface area contributed by atoms with E-state index in [1.165, 1.54) is 0 Å². The first kappa shape index (κ1) is 10.3. The Balaban J connectivity index is 2.23. The maximum atomic E-state index is 9.39. The number of nitrogens with zero attached hydrogens (tertiary/aromatic N) is 2. The Kier molecular flexibility index (Phi) is 2.16. The van der Waals surface area contributed by atoms with Crippen LogP contribution in [-0.4, -0.2) is 21.8 Å². The molecule has 17 heavy (non-hydrogen) atoms. The van der Waals surface area contributed by atoms with E-state index in [0.29, 0.717) is 23.3 Å². The van der Waals surface area contributed by atoms with Crippen molar-refractivity contribution in [3.63, 3.8) is 0 Å². The summed E-state index contributed by atoms with van der Waals surface area (Å²) in [6.07, 6.45) is 1.54. The van der Waals surface area contributed by atoms with E-state index in [1.54, 1.807) is 23.9 Å². The first-order valence-corrected chi connectivity index (χ1v) is 5.46. The van der Waals surface area contributed by atoms with E-state index in [9.17, 15) is 5.11 Å². The largest absolute Gasteiger partial charge is 0.495 e. The van der Waals surface area contributed by atoms with Gasteiger partial charge in [-0.3, -0.25) is 4.57 Å². The zero-order valence-corrected chi connectivity index (χ0v) is 9.82. The van der Waals surface area contributed by atoms with Gasteiger partial charge < -0.3 is 15.2 Å². The van der Waals surface area contributed by atoms with Crippen molar-refractivity contribution in [1.29, 1.82) is 0 Å². The number of aromatic hydroxyl groups is 1. The number of imidazole rings is 1. The number of aromatic nitrogens is 2. The summed E-state index contributed by atoms with van der Waals surface area (Å²) in [6.45, 7) is 0.557. The Bertz CT molecular complexity index is 595. The Morgan fingerprint density at radius 3 is 3.12 bits per heavy atom. The van der Waals surface area contributed by atoms with Crippen molar-refractivity contribution in [3.8, 4) is 17.3 Å². The van der Waals surface area contributed by atoms with Gasteiger partial charge in [0, 0.05) is 12.1 Å². The minimum Gasteiger partial charge on any atom is -0.495 e. The molecule has 0 saturated heterocycles. The summed E-state index contributed by atoms with van der Waals surface area (Å²) < 4.78 is 6.93. The molecule has 0 fully saturated rings. The molecule has 5 nitrogen and oxygen atoms in total. The average molecular weight is 252 g/mol. The first-order valence-electron chi connectivity index (χ1n) is 5.08. The zero-order chi connectivity index (χ0) is 12.0. The predicted molar refractivity (Wildman–Crippen MR) is 64.1 cm³/mol. The number of hydrogen-bond donors (Lipinski definition) is 2. The minimum absolute atomic E-state index is 0.0210. The molecule has 3 rings (SSSR count). The van der Waals surface area contributed by atoms with Crippen molar-refractivity contribution in [3.05, 3.63) is 28.9 Å². The third kappa shape index (κ3) is 1.43. The highest BCUT2D eigenvalue weighted by molar-refractivity contribution is 6.33. The Hall–Kier alpha value is -1.88. The summed E-state index contributed by atoms with van der Waals surface area (Å²) in [6, 6.07) is 3.69. The minimum atomic E-state index is -0.0210. The number of rotatable bonds is 1. The summed E-state index contributed by atoms with van der Waals surface area (Å²) in [4.78, 5) is 3.96. The maximum absolute atomic E-state index is 9.39. The van der Waals surface area contributed by atoms with E-state index >= 15 is 0 Å². The molecule has 1 aliphatic rings. The van der Waals surface area contributed by atoms with Crippen molar-refractivity contribution in [2.24, 2.45) is 0 Å². The predicted octanol–water partition coefficient (Wildman–Crippen LogP) is 2.17. The molecule has 1 aromatic carbocycles. The molecule has 2 N–H and O–H groups in total. The van der Waals surface area contributed by atoms with Crippen LogP contribution in [0, 0.1) is 0 Å². The molecule has 1 aromatic heterocycles. The number of benzene rings is 1. The van der Waals surface area contributed by atoms with Crippen molar-refractivity contribution in [2.45, 2.75) is 6.54 Å². The fraction of sp³-hybridized carbons (Fsp3) is 0.182. The molecule has 0 unspecified atom stereocenters. The lowest BCUT2D eigenvalue weighted by Crippen LogP contribution is -2.15. The zero-order valence-electron chi connectivity index (χ0n) is 9.07. The standard InChI is InChI=1S/C11H10ClN3O2/c1-17-8-3-2-7-6(10(8)12)4-13-11-14-9(16)5-15(7)11/h2-3,5,16H,4H2,1H3,(H,13,14). The average Bonchev–Trinajstić information content (AvgIpc) is 2.70. The van der Waals surface area contributed by atoms with Crippen LogP contribution in [0.2, 0.25) is 5.02 Å². The molecular weight excluding hydrogens is 242 g/mol. The molecule has 2 aromatic rings. The molecule has 0 radical (unpaired) electrons. The van der Waals surface area contributed by atoms with Crippen LogP contribution in [0.1, 0.15) is 5.56 Å². The lowest BCUT2D eigenvalue weighted by Gasteiger charge is -2.21. The van der Waals surface area contributed by atoms with Crippen LogP contribution in [0.5, 0.6) is 11.6 Å². The number of ether oxygens (including phenoxy) is 1. The van der Waals surface area contributed by atoms with Gasteiger partial charge in [0.1, 0.15) is 5.75 Å². The van der Waals surface area contributed by atoms with Gasteiger partial charge in [0.25, 0.3) is 0 Å². The highest BCUT2D eigenvalue weighted by Gasteiger charge is 2.21. The SMILES string of the molecule is COc1ccc2c(c1Cl)CNc1nc(O)cn1-2. The van der Waals surface area contributed by atoms with Gasteiger partial charge in [0.2, 0.25) is 11.8 Å². The van der Waals surface area contributed by atoms with E-state index in [4.69, 9.17) is 16.3 Å². The van der Waals surface area contributed by atoms with Gasteiger partial charge >= 0.3 is 0 Å². The number of fused-ring (bicyclic) bond motifs is 3. The normalized spacial score (nSPS) is 12.6. The molecule has 0 aliphatic carbocycles. The van der Waals surface area contributed by atoms with E-state index in [2.05, 4.69) is 10.3 Å². The molecule has 0 atom stereocenters. The monoisotopic (exact) mass is 251 g/mol. The number of halogens is 1. The maximum Gasteiger partial charge on any atom is 0.231 e. The summed E-state index contributed by atoms with van der Waals surface area (Å²) in [5.74, 6) is 1.23. The quantitative estimate of drug-likeness (QED) is 0.816. The first-order chi connectivity index (χ1) is 8.20. The van der Waals surface area contributed by atoms with Crippen molar-refractivity contribution in [1.82, 2.24) is 9.55 Å². The molecular formula is C11H10ClN3O2. The fourth-order valence-electron chi connectivity index (χ4n) is 1.98. The van der Waals surface area contributed by atoms with Gasteiger partial charge in [0.15, 0.2) is 0 Å². The van der Waals surface area contributed by atoms with Crippen LogP contribution >= 0.6 is 11.6 Å².